The fourth-order valence-electron chi connectivity index (χ4n) is 2.63. The van der Waals surface area contributed by atoms with Crippen LogP contribution in [0.15, 0.2) is 41.2 Å². The summed E-state index contributed by atoms with van der Waals surface area (Å²) in [5.41, 5.74) is 8.36. The normalized spacial score (nSPS) is 20.1. The maximum atomic E-state index is 12.2. The molecular formula is C15H16N4O2. The molecule has 3 N–H and O–H groups in total. The summed E-state index contributed by atoms with van der Waals surface area (Å²) in [7, 11) is 1.51. The van der Waals surface area contributed by atoms with E-state index in [-0.39, 0.29) is 29.2 Å². The number of carbonyl (C=O) groups is 1. The number of hydrogen-bond acceptors (Lipinski definition) is 4. The van der Waals surface area contributed by atoms with E-state index in [2.05, 4.69) is 10.4 Å². The lowest BCUT2D eigenvalue weighted by atomic mass is 10.1. The fraction of sp³-hybridized carbons (Fsp3) is 0.267. The van der Waals surface area contributed by atoms with Crippen molar-refractivity contribution in [1.82, 2.24) is 15.1 Å². The second kappa shape index (κ2) is 5.14. The minimum Gasteiger partial charge on any atom is -0.346 e. The zero-order valence-electron chi connectivity index (χ0n) is 11.6. The molecule has 0 saturated heterocycles. The summed E-state index contributed by atoms with van der Waals surface area (Å²) in [5.74, 6) is -0.321. The molecule has 0 fully saturated rings. The summed E-state index contributed by atoms with van der Waals surface area (Å²) in [4.78, 5) is 23.5. The van der Waals surface area contributed by atoms with E-state index in [1.54, 1.807) is 0 Å². The Labute approximate surface area is 121 Å². The van der Waals surface area contributed by atoms with Gasteiger partial charge in [0.1, 0.15) is 5.69 Å². The first kappa shape index (κ1) is 13.5. The number of aryl methyl sites for hydroxylation is 1. The third kappa shape index (κ3) is 2.45. The van der Waals surface area contributed by atoms with E-state index < -0.39 is 0 Å². The Morgan fingerprint density at radius 3 is 2.81 bits per heavy atom. The van der Waals surface area contributed by atoms with Gasteiger partial charge in [-0.15, -0.1) is 0 Å². The van der Waals surface area contributed by atoms with Gasteiger partial charge in [-0.3, -0.25) is 9.59 Å². The van der Waals surface area contributed by atoms with Crippen molar-refractivity contribution in [2.45, 2.75) is 18.5 Å². The van der Waals surface area contributed by atoms with Crippen LogP contribution in [0.4, 0.5) is 0 Å². The number of rotatable bonds is 2. The van der Waals surface area contributed by atoms with Crippen LogP contribution in [0.3, 0.4) is 0 Å². The number of aromatic nitrogens is 2. The average Bonchev–Trinajstić information content (AvgIpc) is 2.79. The van der Waals surface area contributed by atoms with Crippen LogP contribution in [0.2, 0.25) is 0 Å². The van der Waals surface area contributed by atoms with Crippen LogP contribution in [0.5, 0.6) is 0 Å². The molecule has 0 radical (unpaired) electrons. The van der Waals surface area contributed by atoms with E-state index in [0.29, 0.717) is 6.42 Å². The van der Waals surface area contributed by atoms with Crippen molar-refractivity contribution < 1.29 is 4.79 Å². The van der Waals surface area contributed by atoms with Crippen molar-refractivity contribution in [3.63, 3.8) is 0 Å². The van der Waals surface area contributed by atoms with Gasteiger partial charge in [0.15, 0.2) is 0 Å². The van der Waals surface area contributed by atoms with Crippen LogP contribution in [0, 0.1) is 0 Å². The van der Waals surface area contributed by atoms with Gasteiger partial charge in [0.05, 0.1) is 12.1 Å². The molecule has 1 aromatic heterocycles. The molecule has 0 saturated carbocycles. The molecule has 21 heavy (non-hydrogen) atoms. The topological polar surface area (TPSA) is 90.0 Å². The Morgan fingerprint density at radius 2 is 2.10 bits per heavy atom. The van der Waals surface area contributed by atoms with Crippen LogP contribution < -0.4 is 16.6 Å². The monoisotopic (exact) mass is 284 g/mol. The molecule has 108 valence electrons. The lowest BCUT2D eigenvalue weighted by Gasteiger charge is -2.17. The summed E-state index contributed by atoms with van der Waals surface area (Å²) in [6.45, 7) is 0. The highest BCUT2D eigenvalue weighted by molar-refractivity contribution is 5.92. The number of nitrogens with zero attached hydrogens (tertiary/aromatic N) is 2. The molecule has 0 bridgehead atoms. The van der Waals surface area contributed by atoms with Crippen LogP contribution in [0.25, 0.3) is 0 Å². The first-order chi connectivity index (χ1) is 10.1. The summed E-state index contributed by atoms with van der Waals surface area (Å²) in [5, 5.41) is 6.84. The molecule has 1 aromatic carbocycles. The van der Waals surface area contributed by atoms with Crippen molar-refractivity contribution in [1.29, 1.82) is 0 Å². The van der Waals surface area contributed by atoms with Crippen LogP contribution in [-0.2, 0) is 13.5 Å². The van der Waals surface area contributed by atoms with Crippen LogP contribution >= 0.6 is 0 Å². The van der Waals surface area contributed by atoms with Gasteiger partial charge in [-0.2, -0.15) is 5.10 Å². The van der Waals surface area contributed by atoms with Gasteiger partial charge in [0, 0.05) is 13.1 Å². The number of fused-ring (bicyclic) bond motifs is 1. The maximum Gasteiger partial charge on any atom is 0.272 e. The van der Waals surface area contributed by atoms with Crippen LogP contribution in [-0.4, -0.2) is 21.7 Å². The number of hydrogen-bond donors (Lipinski definition) is 2. The highest BCUT2D eigenvalue weighted by atomic mass is 16.2. The van der Waals surface area contributed by atoms with Crippen molar-refractivity contribution in [2.24, 2.45) is 12.8 Å². The summed E-state index contributed by atoms with van der Waals surface area (Å²) >= 11 is 0. The maximum absolute atomic E-state index is 12.2. The predicted molar refractivity (Wildman–Crippen MR) is 77.8 cm³/mol. The van der Waals surface area contributed by atoms with Gasteiger partial charge in [-0.25, -0.2) is 4.68 Å². The standard InChI is InChI=1S/C15H16N4O2/c1-19-13(20)7-6-11(18-19)15(21)17-12-8-9-4-2-3-5-10(9)14(12)16/h2-7,12,14H,8,16H2,1H3,(H,17,21)/t12-,14-/m0/s1. The van der Waals surface area contributed by atoms with Gasteiger partial charge < -0.3 is 11.1 Å². The van der Waals surface area contributed by atoms with E-state index in [4.69, 9.17) is 5.73 Å². The number of carbonyl (C=O) groups excluding carboxylic acids is 1. The molecule has 1 heterocycles. The molecule has 6 nitrogen and oxygen atoms in total. The Kier molecular flexibility index (Phi) is 3.31. The second-order valence-corrected chi connectivity index (χ2v) is 5.19. The largest absolute Gasteiger partial charge is 0.346 e. The molecule has 2 aromatic rings. The number of nitrogens with two attached hydrogens (primary N) is 1. The summed E-state index contributed by atoms with van der Waals surface area (Å²) in [6.07, 6.45) is 0.703. The minimum atomic E-state index is -0.321. The average molecular weight is 284 g/mol. The highest BCUT2D eigenvalue weighted by Gasteiger charge is 2.30. The summed E-state index contributed by atoms with van der Waals surface area (Å²) < 4.78 is 1.14. The zero-order chi connectivity index (χ0) is 15.0. The van der Waals surface area contributed by atoms with Gasteiger partial charge in [-0.05, 0) is 23.6 Å². The smallest absolute Gasteiger partial charge is 0.272 e. The van der Waals surface area contributed by atoms with E-state index in [0.717, 1.165) is 15.8 Å². The molecule has 2 atom stereocenters. The third-order valence-corrected chi connectivity index (χ3v) is 3.80. The van der Waals surface area contributed by atoms with Crippen molar-refractivity contribution in [3.05, 3.63) is 63.6 Å². The predicted octanol–water partition coefficient (Wildman–Crippen LogP) is 0.135. The molecule has 6 heteroatoms. The Bertz CT molecular complexity index is 753. The molecule has 0 aliphatic heterocycles. The fourth-order valence-corrected chi connectivity index (χ4v) is 2.63. The highest BCUT2D eigenvalue weighted by Crippen LogP contribution is 2.29. The number of benzene rings is 1. The lowest BCUT2D eigenvalue weighted by molar-refractivity contribution is 0.0926. The van der Waals surface area contributed by atoms with E-state index in [1.165, 1.54) is 19.2 Å². The van der Waals surface area contributed by atoms with Gasteiger partial charge in [-0.1, -0.05) is 24.3 Å². The third-order valence-electron chi connectivity index (χ3n) is 3.80. The molecule has 0 unspecified atom stereocenters. The van der Waals surface area contributed by atoms with Crippen LogP contribution in [0.1, 0.15) is 27.7 Å². The zero-order valence-corrected chi connectivity index (χ0v) is 11.6. The summed E-state index contributed by atoms with van der Waals surface area (Å²) in [6, 6.07) is 10.3. The van der Waals surface area contributed by atoms with Gasteiger partial charge in [0.25, 0.3) is 11.5 Å². The van der Waals surface area contributed by atoms with Crippen molar-refractivity contribution in [3.8, 4) is 0 Å². The minimum absolute atomic E-state index is 0.158. The lowest BCUT2D eigenvalue weighted by Crippen LogP contribution is -2.41. The molecule has 0 spiro atoms. The molecule has 3 rings (SSSR count). The Hall–Kier alpha value is -2.47. The molecule has 1 amide bonds. The SMILES string of the molecule is Cn1nc(C(=O)N[C@H]2Cc3ccccc3[C@@H]2N)ccc1=O. The van der Waals surface area contributed by atoms with Gasteiger partial charge >= 0.3 is 0 Å². The second-order valence-electron chi connectivity index (χ2n) is 5.19. The molecular weight excluding hydrogens is 268 g/mol. The van der Waals surface area contributed by atoms with E-state index in [1.807, 2.05) is 24.3 Å². The Balaban J connectivity index is 1.77. The quantitative estimate of drug-likeness (QED) is 0.820. The Morgan fingerprint density at radius 1 is 1.33 bits per heavy atom. The van der Waals surface area contributed by atoms with Crippen molar-refractivity contribution >= 4 is 5.91 Å². The van der Waals surface area contributed by atoms with Gasteiger partial charge in [0.2, 0.25) is 0 Å². The molecule has 1 aliphatic rings. The first-order valence-electron chi connectivity index (χ1n) is 6.75. The van der Waals surface area contributed by atoms with E-state index >= 15 is 0 Å². The number of nitrogens with one attached hydrogen (secondary N) is 1. The first-order valence-corrected chi connectivity index (χ1v) is 6.75. The number of amides is 1. The van der Waals surface area contributed by atoms with Crippen molar-refractivity contribution in [2.75, 3.05) is 0 Å². The molecule has 1 aliphatic carbocycles. The van der Waals surface area contributed by atoms with E-state index in [9.17, 15) is 9.59 Å².